The summed E-state index contributed by atoms with van der Waals surface area (Å²) in [5.74, 6) is -1.40. The van der Waals surface area contributed by atoms with Crippen LogP contribution in [0.15, 0.2) is 0 Å². The Hall–Kier alpha value is -1.47. The topological polar surface area (TPSA) is 84.2 Å². The first-order chi connectivity index (χ1) is 8.89. The molecule has 4 N–H and O–H groups in total. The molecule has 0 aliphatic carbocycles. The number of amides is 3. The predicted octanol–water partition coefficient (Wildman–Crippen LogP) is 1.92. The average Bonchev–Trinajstić information content (AvgIpc) is 2.20. The van der Waals surface area contributed by atoms with E-state index >= 15 is 0 Å². The lowest BCUT2D eigenvalue weighted by atomic mass is 9.98. The van der Waals surface area contributed by atoms with Crippen molar-refractivity contribution in [2.45, 2.75) is 58.3 Å². The van der Waals surface area contributed by atoms with Gasteiger partial charge in [0, 0.05) is 12.0 Å². The third-order valence-corrected chi connectivity index (χ3v) is 2.92. The molecule has 118 valence electrons. The lowest BCUT2D eigenvalue weighted by Crippen LogP contribution is -2.57. The van der Waals surface area contributed by atoms with Gasteiger partial charge in [-0.1, -0.05) is 20.3 Å². The maximum absolute atomic E-state index is 12.8. The maximum Gasteiger partial charge on any atom is 0.408 e. The molecule has 0 saturated carbocycles. The van der Waals surface area contributed by atoms with Gasteiger partial charge in [0.1, 0.15) is 6.04 Å². The monoisotopic (exact) mass is 297 g/mol. The van der Waals surface area contributed by atoms with E-state index in [0.717, 1.165) is 0 Å². The predicted molar refractivity (Wildman–Crippen MR) is 68.9 cm³/mol. The Morgan fingerprint density at radius 1 is 1.25 bits per heavy atom. The summed E-state index contributed by atoms with van der Waals surface area (Å²) < 4.78 is 38.5. The molecule has 0 bridgehead atoms. The van der Waals surface area contributed by atoms with Crippen LogP contribution in [0.3, 0.4) is 0 Å². The molecule has 0 aromatic heterocycles. The molecule has 0 aromatic carbocycles. The van der Waals surface area contributed by atoms with E-state index in [0.29, 0.717) is 0 Å². The largest absolute Gasteiger partial charge is 0.408 e. The molecule has 20 heavy (non-hydrogen) atoms. The molecule has 8 heteroatoms. The summed E-state index contributed by atoms with van der Waals surface area (Å²) in [4.78, 5) is 22.4. The fourth-order valence-corrected chi connectivity index (χ4v) is 1.75. The summed E-state index contributed by atoms with van der Waals surface area (Å²) >= 11 is 0. The van der Waals surface area contributed by atoms with Crippen LogP contribution in [0.25, 0.3) is 0 Å². The number of carbonyl (C=O) groups is 2. The second-order valence-electron chi connectivity index (χ2n) is 5.53. The van der Waals surface area contributed by atoms with Gasteiger partial charge >= 0.3 is 12.2 Å². The molecule has 0 saturated heterocycles. The van der Waals surface area contributed by atoms with E-state index in [2.05, 4.69) is 5.32 Å². The molecule has 0 aromatic rings. The number of halogens is 3. The van der Waals surface area contributed by atoms with Crippen molar-refractivity contribution in [3.63, 3.8) is 0 Å². The van der Waals surface area contributed by atoms with Gasteiger partial charge in [-0.05, 0) is 19.8 Å². The Morgan fingerprint density at radius 3 is 2.10 bits per heavy atom. The number of carbonyl (C=O) groups excluding carboxylic acids is 2. The zero-order chi connectivity index (χ0) is 16.1. The lowest BCUT2D eigenvalue weighted by Gasteiger charge is -2.30. The first-order valence-corrected chi connectivity index (χ1v) is 6.32. The van der Waals surface area contributed by atoms with Gasteiger partial charge in [0.2, 0.25) is 5.91 Å². The van der Waals surface area contributed by atoms with Crippen LogP contribution in [0.5, 0.6) is 0 Å². The zero-order valence-corrected chi connectivity index (χ0v) is 12.1. The van der Waals surface area contributed by atoms with Gasteiger partial charge in [-0.3, -0.25) is 4.79 Å². The van der Waals surface area contributed by atoms with Gasteiger partial charge < -0.3 is 16.4 Å². The number of primary amides is 1. The maximum atomic E-state index is 12.8. The SMILES string of the molecule is CC[C@@H](C)[C@@H](NC(=O)NC(C)(C)CC(N)=O)C(F)(F)F. The first-order valence-electron chi connectivity index (χ1n) is 6.32. The minimum atomic E-state index is -4.53. The summed E-state index contributed by atoms with van der Waals surface area (Å²) in [5, 5.41) is 4.23. The van der Waals surface area contributed by atoms with Crippen molar-refractivity contribution in [1.29, 1.82) is 0 Å². The molecule has 2 atom stereocenters. The van der Waals surface area contributed by atoms with Crippen LogP contribution in [0.1, 0.15) is 40.5 Å². The van der Waals surface area contributed by atoms with Gasteiger partial charge in [-0.25, -0.2) is 4.79 Å². The van der Waals surface area contributed by atoms with Gasteiger partial charge in [0.05, 0.1) is 0 Å². The van der Waals surface area contributed by atoms with Crippen LogP contribution in [-0.2, 0) is 4.79 Å². The number of alkyl halides is 3. The number of nitrogens with two attached hydrogens (primary N) is 1. The van der Waals surface area contributed by atoms with E-state index < -0.39 is 35.6 Å². The van der Waals surface area contributed by atoms with Crippen molar-refractivity contribution < 1.29 is 22.8 Å². The molecule has 0 fully saturated rings. The van der Waals surface area contributed by atoms with Crippen molar-refractivity contribution >= 4 is 11.9 Å². The summed E-state index contributed by atoms with van der Waals surface area (Å²) in [7, 11) is 0. The number of rotatable bonds is 6. The minimum Gasteiger partial charge on any atom is -0.370 e. The Morgan fingerprint density at radius 2 is 1.75 bits per heavy atom. The Kier molecular flexibility index (Phi) is 6.31. The summed E-state index contributed by atoms with van der Waals surface area (Å²) in [5.41, 5.74) is 3.99. The summed E-state index contributed by atoms with van der Waals surface area (Å²) in [6.07, 6.45) is -4.42. The Balaban J connectivity index is 4.74. The standard InChI is InChI=1S/C12H22F3N3O2/c1-5-7(2)9(12(13,14)15)17-10(20)18-11(3,4)6-8(16)19/h7,9H,5-6H2,1-4H3,(H2,16,19)(H2,17,18,20)/t7-,9-/m1/s1. The van der Waals surface area contributed by atoms with Crippen LogP contribution in [0.2, 0.25) is 0 Å². The Bertz CT molecular complexity index is 356. The highest BCUT2D eigenvalue weighted by Gasteiger charge is 2.43. The third-order valence-electron chi connectivity index (χ3n) is 2.92. The second kappa shape index (κ2) is 6.81. The highest BCUT2D eigenvalue weighted by molar-refractivity contribution is 5.78. The number of hydrogen-bond acceptors (Lipinski definition) is 2. The van der Waals surface area contributed by atoms with E-state index in [1.165, 1.54) is 20.8 Å². The lowest BCUT2D eigenvalue weighted by molar-refractivity contribution is -0.164. The fourth-order valence-electron chi connectivity index (χ4n) is 1.75. The number of urea groups is 1. The van der Waals surface area contributed by atoms with E-state index in [1.54, 1.807) is 6.92 Å². The van der Waals surface area contributed by atoms with E-state index in [4.69, 9.17) is 5.73 Å². The van der Waals surface area contributed by atoms with Crippen LogP contribution >= 0.6 is 0 Å². The van der Waals surface area contributed by atoms with Crippen molar-refractivity contribution in [3.8, 4) is 0 Å². The second-order valence-corrected chi connectivity index (χ2v) is 5.53. The van der Waals surface area contributed by atoms with Crippen LogP contribution in [-0.4, -0.2) is 29.7 Å². The number of hydrogen-bond donors (Lipinski definition) is 3. The molecule has 0 spiro atoms. The van der Waals surface area contributed by atoms with Crippen molar-refractivity contribution in [3.05, 3.63) is 0 Å². The molecule has 0 aliphatic rings. The van der Waals surface area contributed by atoms with Gasteiger partial charge in [-0.15, -0.1) is 0 Å². The smallest absolute Gasteiger partial charge is 0.370 e. The molecule has 0 radical (unpaired) electrons. The zero-order valence-electron chi connectivity index (χ0n) is 12.1. The van der Waals surface area contributed by atoms with Crippen LogP contribution < -0.4 is 16.4 Å². The van der Waals surface area contributed by atoms with Gasteiger partial charge in [-0.2, -0.15) is 13.2 Å². The molecule has 0 unspecified atom stereocenters. The fraction of sp³-hybridized carbons (Fsp3) is 0.833. The number of nitrogens with one attached hydrogen (secondary N) is 2. The van der Waals surface area contributed by atoms with Crippen molar-refractivity contribution in [2.24, 2.45) is 11.7 Å². The average molecular weight is 297 g/mol. The highest BCUT2D eigenvalue weighted by atomic mass is 19.4. The Labute approximate surface area is 116 Å². The van der Waals surface area contributed by atoms with Gasteiger partial charge in [0.15, 0.2) is 0 Å². The normalized spacial score (nSPS) is 15.3. The molecule has 0 rings (SSSR count). The summed E-state index contributed by atoms with van der Waals surface area (Å²) in [6, 6.07) is -2.91. The molecule has 0 heterocycles. The van der Waals surface area contributed by atoms with E-state index in [9.17, 15) is 22.8 Å². The molecule has 0 aliphatic heterocycles. The van der Waals surface area contributed by atoms with Crippen molar-refractivity contribution in [2.75, 3.05) is 0 Å². The molecule has 3 amide bonds. The van der Waals surface area contributed by atoms with E-state index in [1.807, 2.05) is 5.32 Å². The molecular formula is C12H22F3N3O2. The molecule has 5 nitrogen and oxygen atoms in total. The van der Waals surface area contributed by atoms with Gasteiger partial charge in [0.25, 0.3) is 0 Å². The quantitative estimate of drug-likeness (QED) is 0.699. The van der Waals surface area contributed by atoms with Crippen LogP contribution in [0.4, 0.5) is 18.0 Å². The third kappa shape index (κ3) is 6.63. The van der Waals surface area contributed by atoms with Crippen LogP contribution in [0, 0.1) is 5.92 Å². The van der Waals surface area contributed by atoms with Crippen molar-refractivity contribution in [1.82, 2.24) is 10.6 Å². The minimum absolute atomic E-state index is 0.166. The highest BCUT2D eigenvalue weighted by Crippen LogP contribution is 2.27. The summed E-state index contributed by atoms with van der Waals surface area (Å²) in [6.45, 7) is 6.03. The van der Waals surface area contributed by atoms with E-state index in [-0.39, 0.29) is 12.8 Å². The molecular weight excluding hydrogens is 275 g/mol. The first kappa shape index (κ1) is 18.5.